The summed E-state index contributed by atoms with van der Waals surface area (Å²) in [4.78, 5) is 5.19. The third-order valence-electron chi connectivity index (χ3n) is 6.80. The van der Waals surface area contributed by atoms with Crippen LogP contribution in [0.2, 0.25) is 0 Å². The van der Waals surface area contributed by atoms with Gasteiger partial charge in [0.05, 0.1) is 16.2 Å². The highest BCUT2D eigenvalue weighted by molar-refractivity contribution is 7.89. The molecular formula is C24H23F4N7O2S. The lowest BCUT2D eigenvalue weighted by molar-refractivity contribution is -0.140. The zero-order valence-electron chi connectivity index (χ0n) is 20.4. The van der Waals surface area contributed by atoms with Crippen LogP contribution in [-0.4, -0.2) is 63.9 Å². The van der Waals surface area contributed by atoms with Crippen molar-refractivity contribution >= 4 is 26.6 Å². The lowest BCUT2D eigenvalue weighted by Crippen LogP contribution is -2.46. The lowest BCUT2D eigenvalue weighted by atomic mass is 10.0. The number of alkyl halides is 3. The summed E-state index contributed by atoms with van der Waals surface area (Å²) in [6.07, 6.45) is 0.667. The van der Waals surface area contributed by atoms with Crippen LogP contribution in [0.1, 0.15) is 18.4 Å². The Labute approximate surface area is 215 Å². The van der Waals surface area contributed by atoms with E-state index in [-0.39, 0.29) is 25.2 Å². The number of aryl methyl sites for hydroxylation is 1. The average molecular weight is 550 g/mol. The van der Waals surface area contributed by atoms with Crippen LogP contribution < -0.4 is 4.90 Å². The summed E-state index contributed by atoms with van der Waals surface area (Å²) in [7, 11) is -0.872. The zero-order chi connectivity index (χ0) is 27.2. The summed E-state index contributed by atoms with van der Waals surface area (Å²) in [5, 5.41) is 14.6. The number of anilines is 1. The first kappa shape index (κ1) is 26.0. The molecule has 1 aliphatic heterocycles. The largest absolute Gasteiger partial charge is 0.417 e. The molecule has 0 bridgehead atoms. The standard InChI is InChI=1S/C24H23F4N7O2S/c1-33(23-17-5-9-29-14-18(17)22(31-32-23)20-6-10-30-34(20)2)16-7-11-35(12-8-16)38(36,37)21-4-3-15(25)13-19(21)24(26,27)28/h3-6,9-10,13-14,16H,7-8,11-12H2,1-2H3. The smallest absolute Gasteiger partial charge is 0.355 e. The van der Waals surface area contributed by atoms with Crippen molar-refractivity contribution in [2.24, 2.45) is 7.05 Å². The van der Waals surface area contributed by atoms with E-state index in [1.807, 2.05) is 24.1 Å². The van der Waals surface area contributed by atoms with Crippen LogP contribution in [0.15, 0.2) is 53.8 Å². The van der Waals surface area contributed by atoms with E-state index in [9.17, 15) is 26.0 Å². The van der Waals surface area contributed by atoms with E-state index in [4.69, 9.17) is 0 Å². The molecule has 0 unspecified atom stereocenters. The second kappa shape index (κ2) is 9.58. The molecule has 0 spiro atoms. The molecule has 0 amide bonds. The van der Waals surface area contributed by atoms with Gasteiger partial charge in [0.25, 0.3) is 0 Å². The van der Waals surface area contributed by atoms with Crippen molar-refractivity contribution in [3.8, 4) is 11.4 Å². The van der Waals surface area contributed by atoms with Gasteiger partial charge in [-0.25, -0.2) is 12.8 Å². The number of fused-ring (bicyclic) bond motifs is 1. The molecule has 1 saturated heterocycles. The predicted molar refractivity (Wildman–Crippen MR) is 131 cm³/mol. The van der Waals surface area contributed by atoms with Gasteiger partial charge in [-0.15, -0.1) is 10.2 Å². The van der Waals surface area contributed by atoms with Gasteiger partial charge in [0.2, 0.25) is 10.0 Å². The number of benzene rings is 1. The molecule has 4 heterocycles. The van der Waals surface area contributed by atoms with Gasteiger partial charge in [0.1, 0.15) is 11.5 Å². The Morgan fingerprint density at radius 3 is 2.42 bits per heavy atom. The molecule has 0 radical (unpaired) electrons. The Kier molecular flexibility index (Phi) is 6.55. The molecule has 1 fully saturated rings. The van der Waals surface area contributed by atoms with Crippen LogP contribution in [0.5, 0.6) is 0 Å². The molecule has 1 aliphatic rings. The van der Waals surface area contributed by atoms with Crippen molar-refractivity contribution in [2.45, 2.75) is 30.0 Å². The van der Waals surface area contributed by atoms with E-state index in [2.05, 4.69) is 20.3 Å². The molecule has 0 N–H and O–H groups in total. The van der Waals surface area contributed by atoms with Gasteiger partial charge in [-0.05, 0) is 43.2 Å². The highest BCUT2D eigenvalue weighted by atomic mass is 32.2. The van der Waals surface area contributed by atoms with Crippen LogP contribution in [0.4, 0.5) is 23.4 Å². The highest BCUT2D eigenvalue weighted by Crippen LogP contribution is 2.37. The summed E-state index contributed by atoms with van der Waals surface area (Å²) < 4.78 is 82.9. The summed E-state index contributed by atoms with van der Waals surface area (Å²) >= 11 is 0. The first-order chi connectivity index (χ1) is 18.0. The van der Waals surface area contributed by atoms with Crippen LogP contribution >= 0.6 is 0 Å². The SMILES string of the molecule is CN(c1nnc(-c2ccnn2C)c2cnccc12)C1CCN(S(=O)(=O)c2ccc(F)cc2C(F)(F)F)CC1. The molecule has 0 saturated carbocycles. The van der Waals surface area contributed by atoms with Gasteiger partial charge < -0.3 is 4.90 Å². The highest BCUT2D eigenvalue weighted by Gasteiger charge is 2.40. The maximum atomic E-state index is 13.5. The molecule has 5 rings (SSSR count). The number of nitrogens with zero attached hydrogens (tertiary/aromatic N) is 7. The minimum absolute atomic E-state index is 0.00790. The fourth-order valence-electron chi connectivity index (χ4n) is 4.77. The van der Waals surface area contributed by atoms with Gasteiger partial charge in [0.15, 0.2) is 5.82 Å². The van der Waals surface area contributed by atoms with Crippen molar-refractivity contribution in [1.29, 1.82) is 0 Å². The van der Waals surface area contributed by atoms with Crippen LogP contribution in [0.3, 0.4) is 0 Å². The summed E-state index contributed by atoms with van der Waals surface area (Å²) in [5.74, 6) is -0.581. The Bertz CT molecular complexity index is 1600. The van der Waals surface area contributed by atoms with Gasteiger partial charge in [0, 0.05) is 62.6 Å². The molecular weight excluding hydrogens is 526 g/mol. The minimum atomic E-state index is -5.01. The number of aromatic nitrogens is 5. The maximum absolute atomic E-state index is 13.5. The Morgan fingerprint density at radius 2 is 1.76 bits per heavy atom. The Balaban J connectivity index is 1.39. The number of hydrogen-bond acceptors (Lipinski definition) is 7. The van der Waals surface area contributed by atoms with E-state index >= 15 is 0 Å². The molecule has 9 nitrogen and oxygen atoms in total. The van der Waals surface area contributed by atoms with Gasteiger partial charge in [-0.2, -0.15) is 22.6 Å². The number of halogens is 4. The summed E-state index contributed by atoms with van der Waals surface area (Å²) in [5.41, 5.74) is -0.131. The normalized spacial score (nSPS) is 15.7. The van der Waals surface area contributed by atoms with E-state index in [0.717, 1.165) is 26.8 Å². The van der Waals surface area contributed by atoms with Crippen molar-refractivity contribution in [2.75, 3.05) is 25.0 Å². The number of pyridine rings is 1. The van der Waals surface area contributed by atoms with E-state index in [1.54, 1.807) is 30.3 Å². The van der Waals surface area contributed by atoms with Crippen LogP contribution in [-0.2, 0) is 23.2 Å². The number of rotatable bonds is 5. The van der Waals surface area contributed by atoms with E-state index < -0.39 is 32.5 Å². The second-order valence-electron chi connectivity index (χ2n) is 9.02. The minimum Gasteiger partial charge on any atom is -0.355 e. The monoisotopic (exact) mass is 549 g/mol. The summed E-state index contributed by atoms with van der Waals surface area (Å²) in [6.45, 7) is -0.0158. The topological polar surface area (TPSA) is 97.1 Å². The van der Waals surface area contributed by atoms with Crippen molar-refractivity contribution in [3.63, 3.8) is 0 Å². The predicted octanol–water partition coefficient (Wildman–Crippen LogP) is 3.87. The lowest BCUT2D eigenvalue weighted by Gasteiger charge is -2.37. The molecule has 14 heteroatoms. The maximum Gasteiger partial charge on any atom is 0.417 e. The van der Waals surface area contributed by atoms with Crippen LogP contribution in [0, 0.1) is 5.82 Å². The van der Waals surface area contributed by atoms with Crippen molar-refractivity contribution in [1.82, 2.24) is 29.3 Å². The first-order valence-electron chi connectivity index (χ1n) is 11.7. The van der Waals surface area contributed by atoms with E-state index in [1.165, 1.54) is 0 Å². The van der Waals surface area contributed by atoms with Crippen molar-refractivity contribution < 1.29 is 26.0 Å². The third kappa shape index (κ3) is 4.58. The molecule has 3 aromatic heterocycles. The fraction of sp³-hybridized carbons (Fsp3) is 0.333. The molecule has 1 aromatic carbocycles. The van der Waals surface area contributed by atoms with Crippen molar-refractivity contribution in [3.05, 3.63) is 60.3 Å². The third-order valence-corrected chi connectivity index (χ3v) is 8.75. The van der Waals surface area contributed by atoms with Gasteiger partial charge in [-0.3, -0.25) is 9.67 Å². The molecule has 4 aromatic rings. The van der Waals surface area contributed by atoms with Gasteiger partial charge >= 0.3 is 6.18 Å². The number of piperidine rings is 1. The number of hydrogen-bond donors (Lipinski definition) is 0. The molecule has 200 valence electrons. The molecule has 0 atom stereocenters. The first-order valence-corrected chi connectivity index (χ1v) is 13.1. The van der Waals surface area contributed by atoms with Crippen LogP contribution in [0.25, 0.3) is 22.2 Å². The summed E-state index contributed by atoms with van der Waals surface area (Å²) in [6, 6.07) is 5.09. The van der Waals surface area contributed by atoms with E-state index in [0.29, 0.717) is 30.4 Å². The Morgan fingerprint density at radius 1 is 1.03 bits per heavy atom. The molecule has 38 heavy (non-hydrogen) atoms. The van der Waals surface area contributed by atoms with Gasteiger partial charge in [-0.1, -0.05) is 0 Å². The average Bonchev–Trinajstić information content (AvgIpc) is 3.32. The quantitative estimate of drug-likeness (QED) is 0.349. The zero-order valence-corrected chi connectivity index (χ0v) is 21.2. The number of sulfonamides is 1. The fourth-order valence-corrected chi connectivity index (χ4v) is 6.43. The second-order valence-corrected chi connectivity index (χ2v) is 10.9. The Hall–Kier alpha value is -3.65. The molecule has 0 aliphatic carbocycles.